The molecular formula is C12H16N2O. The maximum atomic E-state index is 5.74. The van der Waals surface area contributed by atoms with Crippen molar-refractivity contribution in [2.75, 3.05) is 13.1 Å². The van der Waals surface area contributed by atoms with Gasteiger partial charge in [0, 0.05) is 13.0 Å². The summed E-state index contributed by atoms with van der Waals surface area (Å²) in [6, 6.07) is 8.27. The summed E-state index contributed by atoms with van der Waals surface area (Å²) in [5, 5.41) is 0. The van der Waals surface area contributed by atoms with Crippen LogP contribution in [-0.4, -0.2) is 19.0 Å². The van der Waals surface area contributed by atoms with E-state index in [1.165, 1.54) is 11.1 Å². The van der Waals surface area contributed by atoms with Gasteiger partial charge in [-0.15, -0.1) is 0 Å². The highest BCUT2D eigenvalue weighted by Gasteiger charge is 2.21. The lowest BCUT2D eigenvalue weighted by atomic mass is 10.0. The zero-order valence-corrected chi connectivity index (χ0v) is 8.94. The summed E-state index contributed by atoms with van der Waals surface area (Å²) >= 11 is 0. The highest BCUT2D eigenvalue weighted by molar-refractivity contribution is 5.78. The maximum absolute atomic E-state index is 5.74. The third-order valence-electron chi connectivity index (χ3n) is 2.61. The number of benzene rings is 1. The molecule has 1 heterocycles. The summed E-state index contributed by atoms with van der Waals surface area (Å²) in [5.41, 5.74) is 7.95. The predicted molar refractivity (Wildman–Crippen MR) is 61.0 cm³/mol. The van der Waals surface area contributed by atoms with Crippen LogP contribution in [0.15, 0.2) is 29.3 Å². The van der Waals surface area contributed by atoms with Crippen LogP contribution >= 0.6 is 0 Å². The van der Waals surface area contributed by atoms with Gasteiger partial charge in [0.15, 0.2) is 5.90 Å². The first-order chi connectivity index (χ1) is 7.31. The number of ether oxygens (including phenoxy) is 1. The van der Waals surface area contributed by atoms with Crippen molar-refractivity contribution in [2.45, 2.75) is 19.4 Å². The average molecular weight is 204 g/mol. The van der Waals surface area contributed by atoms with Crippen LogP contribution in [0.5, 0.6) is 0 Å². The quantitative estimate of drug-likeness (QED) is 0.816. The van der Waals surface area contributed by atoms with Gasteiger partial charge in [0.05, 0.1) is 6.54 Å². The number of nitrogens with zero attached hydrogens (tertiary/aromatic N) is 1. The number of hydrogen-bond acceptors (Lipinski definition) is 3. The lowest BCUT2D eigenvalue weighted by Gasteiger charge is -2.13. The molecule has 0 saturated carbocycles. The van der Waals surface area contributed by atoms with E-state index in [-0.39, 0.29) is 6.10 Å². The molecule has 2 N–H and O–H groups in total. The Morgan fingerprint density at radius 3 is 3.00 bits per heavy atom. The smallest absolute Gasteiger partial charge is 0.185 e. The second-order valence-electron chi connectivity index (χ2n) is 3.74. The molecule has 1 unspecified atom stereocenters. The van der Waals surface area contributed by atoms with Crippen LogP contribution in [0.25, 0.3) is 0 Å². The molecule has 1 aliphatic heterocycles. The van der Waals surface area contributed by atoms with Crippen LogP contribution in [0, 0.1) is 6.92 Å². The van der Waals surface area contributed by atoms with Gasteiger partial charge in [-0.25, -0.2) is 0 Å². The summed E-state index contributed by atoms with van der Waals surface area (Å²) in [4.78, 5) is 4.34. The van der Waals surface area contributed by atoms with Gasteiger partial charge in [0.1, 0.15) is 6.10 Å². The van der Waals surface area contributed by atoms with E-state index in [9.17, 15) is 0 Å². The molecule has 0 spiro atoms. The molecule has 0 saturated heterocycles. The number of rotatable bonds is 3. The lowest BCUT2D eigenvalue weighted by Crippen LogP contribution is -2.10. The van der Waals surface area contributed by atoms with Crippen molar-refractivity contribution in [3.8, 4) is 0 Å². The van der Waals surface area contributed by atoms with Gasteiger partial charge in [-0.1, -0.05) is 24.3 Å². The van der Waals surface area contributed by atoms with Crippen LogP contribution in [0.4, 0.5) is 0 Å². The Bertz CT molecular complexity index is 374. The van der Waals surface area contributed by atoms with Crippen LogP contribution in [0.1, 0.15) is 23.7 Å². The van der Waals surface area contributed by atoms with E-state index in [1.54, 1.807) is 0 Å². The standard InChI is InChI=1S/C12H16N2O/c1-9-4-2-3-5-10(9)11-8-14-12(15-11)6-7-13/h2-5,11H,6-8,13H2,1H3. The fourth-order valence-corrected chi connectivity index (χ4v) is 1.79. The van der Waals surface area contributed by atoms with Crippen molar-refractivity contribution < 1.29 is 4.74 Å². The van der Waals surface area contributed by atoms with E-state index in [0.717, 1.165) is 18.9 Å². The Kier molecular flexibility index (Phi) is 3.02. The minimum absolute atomic E-state index is 0.0905. The topological polar surface area (TPSA) is 47.6 Å². The summed E-state index contributed by atoms with van der Waals surface area (Å²) in [6.45, 7) is 3.42. The van der Waals surface area contributed by atoms with E-state index >= 15 is 0 Å². The van der Waals surface area contributed by atoms with Gasteiger partial charge in [-0.05, 0) is 18.1 Å². The Hall–Kier alpha value is -1.35. The first-order valence-electron chi connectivity index (χ1n) is 5.27. The molecule has 0 aliphatic carbocycles. The SMILES string of the molecule is Cc1ccccc1C1CN=C(CCN)O1. The molecule has 15 heavy (non-hydrogen) atoms. The second-order valence-corrected chi connectivity index (χ2v) is 3.74. The number of aliphatic imine (C=N–C) groups is 1. The molecule has 80 valence electrons. The normalized spacial score (nSPS) is 19.9. The van der Waals surface area contributed by atoms with E-state index in [2.05, 4.69) is 24.0 Å². The minimum Gasteiger partial charge on any atom is -0.471 e. The molecule has 0 bridgehead atoms. The van der Waals surface area contributed by atoms with E-state index in [1.807, 2.05) is 12.1 Å². The van der Waals surface area contributed by atoms with Gasteiger partial charge in [-0.2, -0.15) is 0 Å². The highest BCUT2D eigenvalue weighted by Crippen LogP contribution is 2.25. The maximum Gasteiger partial charge on any atom is 0.185 e. The first kappa shape index (κ1) is 10.2. The summed E-state index contributed by atoms with van der Waals surface area (Å²) in [5.74, 6) is 0.797. The molecule has 1 aromatic carbocycles. The Balaban J connectivity index is 2.07. The number of hydrogen-bond donors (Lipinski definition) is 1. The van der Waals surface area contributed by atoms with Crippen LogP contribution in [0.3, 0.4) is 0 Å². The Morgan fingerprint density at radius 2 is 2.27 bits per heavy atom. The summed E-state index contributed by atoms with van der Waals surface area (Å²) in [7, 11) is 0. The van der Waals surface area contributed by atoms with Crippen molar-refractivity contribution in [3.63, 3.8) is 0 Å². The van der Waals surface area contributed by atoms with Crippen molar-refractivity contribution in [1.29, 1.82) is 0 Å². The molecule has 3 heteroatoms. The first-order valence-corrected chi connectivity index (χ1v) is 5.27. The summed E-state index contributed by atoms with van der Waals surface area (Å²) < 4.78 is 5.74. The van der Waals surface area contributed by atoms with Crippen molar-refractivity contribution in [2.24, 2.45) is 10.7 Å². The fraction of sp³-hybridized carbons (Fsp3) is 0.417. The Labute approximate surface area is 90.0 Å². The Morgan fingerprint density at radius 1 is 1.47 bits per heavy atom. The molecular weight excluding hydrogens is 188 g/mol. The van der Waals surface area contributed by atoms with E-state index in [4.69, 9.17) is 10.5 Å². The average Bonchev–Trinajstić information content (AvgIpc) is 2.68. The molecule has 1 aromatic rings. The van der Waals surface area contributed by atoms with Gasteiger partial charge in [0.2, 0.25) is 0 Å². The molecule has 1 atom stereocenters. The van der Waals surface area contributed by atoms with E-state index in [0.29, 0.717) is 6.54 Å². The molecule has 0 radical (unpaired) electrons. The molecule has 3 nitrogen and oxygen atoms in total. The van der Waals surface area contributed by atoms with Crippen molar-refractivity contribution >= 4 is 5.90 Å². The van der Waals surface area contributed by atoms with Crippen molar-refractivity contribution in [3.05, 3.63) is 35.4 Å². The van der Waals surface area contributed by atoms with E-state index < -0.39 is 0 Å². The molecule has 1 aliphatic rings. The lowest BCUT2D eigenvalue weighted by molar-refractivity contribution is 0.223. The van der Waals surface area contributed by atoms with Crippen LogP contribution in [-0.2, 0) is 4.74 Å². The summed E-state index contributed by atoms with van der Waals surface area (Å²) in [6.07, 6.45) is 0.829. The molecule has 0 amide bonds. The zero-order valence-electron chi connectivity index (χ0n) is 8.94. The third kappa shape index (κ3) is 2.18. The minimum atomic E-state index is 0.0905. The predicted octanol–water partition coefficient (Wildman–Crippen LogP) is 1.81. The largest absolute Gasteiger partial charge is 0.471 e. The highest BCUT2D eigenvalue weighted by atomic mass is 16.5. The van der Waals surface area contributed by atoms with Gasteiger partial charge >= 0.3 is 0 Å². The van der Waals surface area contributed by atoms with Gasteiger partial charge in [0.25, 0.3) is 0 Å². The number of aryl methyl sites for hydroxylation is 1. The van der Waals surface area contributed by atoms with Gasteiger partial charge < -0.3 is 10.5 Å². The third-order valence-corrected chi connectivity index (χ3v) is 2.61. The zero-order chi connectivity index (χ0) is 10.7. The fourth-order valence-electron chi connectivity index (χ4n) is 1.79. The number of nitrogens with two attached hydrogens (primary N) is 1. The molecule has 0 aromatic heterocycles. The molecule has 0 fully saturated rings. The van der Waals surface area contributed by atoms with Crippen LogP contribution in [0.2, 0.25) is 0 Å². The monoisotopic (exact) mass is 204 g/mol. The second kappa shape index (κ2) is 4.45. The van der Waals surface area contributed by atoms with Crippen LogP contribution < -0.4 is 5.73 Å². The molecule has 2 rings (SSSR count). The van der Waals surface area contributed by atoms with Gasteiger partial charge in [-0.3, -0.25) is 4.99 Å². The van der Waals surface area contributed by atoms with Crippen molar-refractivity contribution in [1.82, 2.24) is 0 Å².